The zero-order valence-corrected chi connectivity index (χ0v) is 17.0. The first-order chi connectivity index (χ1) is 12.0. The first-order valence-electron chi connectivity index (χ1n) is 9.55. The van der Waals surface area contributed by atoms with Gasteiger partial charge >= 0.3 is 0 Å². The Balaban J connectivity index is 2.19. The molecule has 0 aromatic heterocycles. The maximum Gasteiger partial charge on any atom is 0.217 e. The minimum Gasteiger partial charge on any atom is -0.351 e. The molecule has 4 heteroatoms. The molecule has 1 saturated heterocycles. The van der Waals surface area contributed by atoms with Gasteiger partial charge in [-0.3, -0.25) is 4.79 Å². The summed E-state index contributed by atoms with van der Waals surface area (Å²) < 4.78 is 0. The SMILES string of the molecule is [C-]#[N+]c1cc2c(cc1C)[C@@](C)(C(C)(C)NC(C)=O)CC21CCN(C)CC1. The molecule has 1 aromatic carbocycles. The average Bonchev–Trinajstić information content (AvgIpc) is 2.78. The van der Waals surface area contributed by atoms with Crippen LogP contribution in [0.15, 0.2) is 12.1 Å². The molecule has 3 rings (SSSR count). The molecule has 1 heterocycles. The summed E-state index contributed by atoms with van der Waals surface area (Å²) >= 11 is 0. The number of hydrogen-bond acceptors (Lipinski definition) is 2. The molecule has 2 aliphatic rings. The summed E-state index contributed by atoms with van der Waals surface area (Å²) in [7, 11) is 2.18. The molecule has 1 spiro atoms. The number of nitrogens with one attached hydrogen (secondary N) is 1. The standard InChI is InChI=1S/C22H31N3O/c1-15-12-17-18(13-19(15)23-6)22(8-10-25(7)11-9-22)14-21(17,5)20(3,4)24-16(2)26/h12-13H,8-11,14H2,1-5,7H3,(H,24,26)/t21-/m0/s1. The summed E-state index contributed by atoms with van der Waals surface area (Å²) in [6, 6.07) is 4.37. The lowest BCUT2D eigenvalue weighted by Crippen LogP contribution is -2.57. The lowest BCUT2D eigenvalue weighted by molar-refractivity contribution is -0.121. The van der Waals surface area contributed by atoms with Crippen LogP contribution in [0.1, 0.15) is 63.6 Å². The largest absolute Gasteiger partial charge is 0.351 e. The number of aryl methyl sites for hydroxylation is 1. The molecule has 1 atom stereocenters. The van der Waals surface area contributed by atoms with Gasteiger partial charge in [0.2, 0.25) is 5.91 Å². The second-order valence-electron chi connectivity index (χ2n) is 9.19. The van der Waals surface area contributed by atoms with Gasteiger partial charge in [-0.25, -0.2) is 4.85 Å². The molecule has 0 saturated carbocycles. The molecule has 140 valence electrons. The fraction of sp³-hybridized carbons (Fsp3) is 0.636. The topological polar surface area (TPSA) is 36.7 Å². The predicted octanol–water partition coefficient (Wildman–Crippen LogP) is 4.09. The molecule has 4 nitrogen and oxygen atoms in total. The summed E-state index contributed by atoms with van der Waals surface area (Å²) in [4.78, 5) is 18.1. The van der Waals surface area contributed by atoms with Gasteiger partial charge in [-0.1, -0.05) is 19.1 Å². The number of carbonyl (C=O) groups excluding carboxylic acids is 1. The molecule has 0 unspecified atom stereocenters. The van der Waals surface area contributed by atoms with E-state index in [0.29, 0.717) is 0 Å². The first-order valence-corrected chi connectivity index (χ1v) is 9.55. The highest BCUT2D eigenvalue weighted by molar-refractivity contribution is 5.74. The van der Waals surface area contributed by atoms with E-state index in [1.165, 1.54) is 11.1 Å². The van der Waals surface area contributed by atoms with Gasteiger partial charge in [0.15, 0.2) is 5.69 Å². The van der Waals surface area contributed by atoms with Crippen LogP contribution in [-0.4, -0.2) is 36.5 Å². The number of benzene rings is 1. The van der Waals surface area contributed by atoms with E-state index in [-0.39, 0.29) is 22.3 Å². The van der Waals surface area contributed by atoms with E-state index < -0.39 is 0 Å². The Kier molecular flexibility index (Phi) is 4.43. The Morgan fingerprint density at radius 2 is 1.88 bits per heavy atom. The fourth-order valence-electron chi connectivity index (χ4n) is 5.21. The molecule has 0 radical (unpaired) electrons. The van der Waals surface area contributed by atoms with Crippen molar-refractivity contribution < 1.29 is 4.79 Å². The van der Waals surface area contributed by atoms with Crippen LogP contribution in [0.25, 0.3) is 4.85 Å². The minimum atomic E-state index is -0.355. The van der Waals surface area contributed by atoms with Crippen molar-refractivity contribution in [3.05, 3.63) is 40.2 Å². The van der Waals surface area contributed by atoms with Crippen molar-refractivity contribution in [3.63, 3.8) is 0 Å². The predicted molar refractivity (Wildman–Crippen MR) is 106 cm³/mol. The first kappa shape index (κ1) is 18.9. The average molecular weight is 354 g/mol. The minimum absolute atomic E-state index is 0.0107. The Bertz CT molecular complexity index is 781. The molecule has 0 bridgehead atoms. The molecular formula is C22H31N3O. The molecule has 1 aromatic rings. The summed E-state index contributed by atoms with van der Waals surface area (Å²) in [5, 5.41) is 3.21. The number of rotatable bonds is 2. The van der Waals surface area contributed by atoms with Crippen LogP contribution in [0.2, 0.25) is 0 Å². The number of nitrogens with zero attached hydrogens (tertiary/aromatic N) is 2. The molecule has 1 aliphatic heterocycles. The molecular weight excluding hydrogens is 322 g/mol. The number of amides is 1. The third kappa shape index (κ3) is 2.74. The summed E-state index contributed by atoms with van der Waals surface area (Å²) in [5.74, 6) is 0.0107. The van der Waals surface area contributed by atoms with Gasteiger partial charge in [-0.15, -0.1) is 0 Å². The van der Waals surface area contributed by atoms with Gasteiger partial charge in [-0.2, -0.15) is 0 Å². The number of piperidine rings is 1. The van der Waals surface area contributed by atoms with Crippen LogP contribution in [0.4, 0.5) is 5.69 Å². The lowest BCUT2D eigenvalue weighted by atomic mass is 9.65. The number of carbonyl (C=O) groups is 1. The van der Waals surface area contributed by atoms with Crippen molar-refractivity contribution >= 4 is 11.6 Å². The monoisotopic (exact) mass is 353 g/mol. The van der Waals surface area contributed by atoms with E-state index in [1.807, 2.05) is 6.92 Å². The molecule has 1 fully saturated rings. The van der Waals surface area contributed by atoms with Crippen molar-refractivity contribution in [3.8, 4) is 0 Å². The van der Waals surface area contributed by atoms with Gasteiger partial charge < -0.3 is 10.2 Å². The van der Waals surface area contributed by atoms with Crippen molar-refractivity contribution in [2.75, 3.05) is 20.1 Å². The van der Waals surface area contributed by atoms with Crippen LogP contribution in [0.3, 0.4) is 0 Å². The third-order valence-electron chi connectivity index (χ3n) is 7.13. The van der Waals surface area contributed by atoms with Crippen LogP contribution >= 0.6 is 0 Å². The highest BCUT2D eigenvalue weighted by atomic mass is 16.1. The highest BCUT2D eigenvalue weighted by Gasteiger charge is 2.56. The number of fused-ring (bicyclic) bond motifs is 2. The van der Waals surface area contributed by atoms with Crippen LogP contribution in [0, 0.1) is 13.5 Å². The zero-order chi connectivity index (χ0) is 19.3. The van der Waals surface area contributed by atoms with Gasteiger partial charge in [0.1, 0.15) is 0 Å². The van der Waals surface area contributed by atoms with Gasteiger partial charge in [-0.05, 0) is 82.3 Å². The Morgan fingerprint density at radius 1 is 1.27 bits per heavy atom. The van der Waals surface area contributed by atoms with Crippen LogP contribution in [0.5, 0.6) is 0 Å². The van der Waals surface area contributed by atoms with Crippen molar-refractivity contribution in [1.82, 2.24) is 10.2 Å². The summed E-state index contributed by atoms with van der Waals surface area (Å²) in [6.07, 6.45) is 3.25. The highest BCUT2D eigenvalue weighted by Crippen LogP contribution is 2.58. The maximum atomic E-state index is 11.9. The summed E-state index contributed by atoms with van der Waals surface area (Å²) in [5.41, 5.74) is 4.08. The summed E-state index contributed by atoms with van der Waals surface area (Å²) in [6.45, 7) is 19.9. The fourth-order valence-corrected chi connectivity index (χ4v) is 5.21. The van der Waals surface area contributed by atoms with E-state index in [1.54, 1.807) is 6.92 Å². The van der Waals surface area contributed by atoms with E-state index in [4.69, 9.17) is 6.57 Å². The van der Waals surface area contributed by atoms with Gasteiger partial charge in [0.25, 0.3) is 0 Å². The van der Waals surface area contributed by atoms with Gasteiger partial charge in [0, 0.05) is 17.9 Å². The van der Waals surface area contributed by atoms with Gasteiger partial charge in [0.05, 0.1) is 6.57 Å². The smallest absolute Gasteiger partial charge is 0.217 e. The Morgan fingerprint density at radius 3 is 2.42 bits per heavy atom. The third-order valence-corrected chi connectivity index (χ3v) is 7.13. The molecule has 1 aliphatic carbocycles. The van der Waals surface area contributed by atoms with E-state index in [2.05, 4.69) is 55.0 Å². The van der Waals surface area contributed by atoms with Crippen molar-refractivity contribution in [2.24, 2.45) is 0 Å². The molecule has 1 amide bonds. The Labute approximate surface area is 157 Å². The number of hydrogen-bond donors (Lipinski definition) is 1. The lowest BCUT2D eigenvalue weighted by Gasteiger charge is -2.46. The quantitative estimate of drug-likeness (QED) is 0.813. The van der Waals surface area contributed by atoms with Crippen molar-refractivity contribution in [2.45, 2.75) is 70.3 Å². The molecule has 1 N–H and O–H groups in total. The second kappa shape index (κ2) is 6.09. The van der Waals surface area contributed by atoms with Crippen LogP contribution < -0.4 is 5.32 Å². The maximum absolute atomic E-state index is 11.9. The van der Waals surface area contributed by atoms with Crippen LogP contribution in [-0.2, 0) is 15.6 Å². The van der Waals surface area contributed by atoms with E-state index >= 15 is 0 Å². The normalized spacial score (nSPS) is 25.0. The number of likely N-dealkylation sites (tertiary alicyclic amines) is 1. The second-order valence-corrected chi connectivity index (χ2v) is 9.19. The Hall–Kier alpha value is -1.86. The van der Waals surface area contributed by atoms with E-state index in [9.17, 15) is 4.79 Å². The molecule has 26 heavy (non-hydrogen) atoms. The van der Waals surface area contributed by atoms with E-state index in [0.717, 1.165) is 43.6 Å². The van der Waals surface area contributed by atoms with Crippen molar-refractivity contribution in [1.29, 1.82) is 0 Å². The zero-order valence-electron chi connectivity index (χ0n) is 17.0.